The normalized spacial score (nSPS) is 15.0. The summed E-state index contributed by atoms with van der Waals surface area (Å²) < 4.78 is 82.5. The maximum absolute atomic E-state index is 11.6. The number of aliphatic hydroxyl groups is 1. The minimum atomic E-state index is -5.94. The van der Waals surface area contributed by atoms with Crippen LogP contribution in [0.2, 0.25) is 0 Å². The summed E-state index contributed by atoms with van der Waals surface area (Å²) in [4.78, 5) is 11.1. The molecule has 0 saturated heterocycles. The topological polar surface area (TPSA) is 46.5 Å². The Kier molecular flexibility index (Phi) is 8.89. The van der Waals surface area contributed by atoms with Gasteiger partial charge in [0.05, 0.1) is 5.41 Å². The van der Waals surface area contributed by atoms with Gasteiger partial charge in [0.2, 0.25) is 0 Å². The lowest BCUT2D eigenvalue weighted by Gasteiger charge is -2.20. The molecule has 128 valence electrons. The largest absolute Gasteiger partial charge is 0.462 e. The van der Waals surface area contributed by atoms with Gasteiger partial charge in [-0.25, -0.2) is 13.2 Å². The maximum Gasteiger partial charge on any atom is 0.454 e. The lowest BCUT2D eigenvalue weighted by atomic mass is 9.91. The third-order valence-corrected chi connectivity index (χ3v) is 2.43. The standard InChI is InChI=1S/C8H15FO2.C3H2F6O/c1-4-8(2,3)7(10)11-6-5-9;4-1(5)2(6,10)3(7,8)9/h4-6H2,1-3H3;1,10H. The van der Waals surface area contributed by atoms with Crippen molar-refractivity contribution in [2.24, 2.45) is 5.41 Å². The number of ether oxygens (including phenoxy) is 1. The second-order valence-corrected chi connectivity index (χ2v) is 4.53. The molecule has 0 fully saturated rings. The Morgan fingerprint density at radius 3 is 1.81 bits per heavy atom. The highest BCUT2D eigenvalue weighted by molar-refractivity contribution is 5.75. The van der Waals surface area contributed by atoms with E-state index in [2.05, 4.69) is 4.74 Å². The van der Waals surface area contributed by atoms with E-state index in [1.54, 1.807) is 13.8 Å². The molecule has 0 aromatic rings. The Hall–Kier alpha value is -1.06. The van der Waals surface area contributed by atoms with Gasteiger partial charge in [0, 0.05) is 0 Å². The molecule has 0 spiro atoms. The van der Waals surface area contributed by atoms with E-state index in [4.69, 9.17) is 5.11 Å². The van der Waals surface area contributed by atoms with Crippen LogP contribution in [0.3, 0.4) is 0 Å². The Morgan fingerprint density at radius 2 is 1.62 bits per heavy atom. The molecule has 0 amide bonds. The van der Waals surface area contributed by atoms with Gasteiger partial charge in [0.15, 0.2) is 0 Å². The van der Waals surface area contributed by atoms with Crippen LogP contribution in [0.15, 0.2) is 0 Å². The van der Waals surface area contributed by atoms with Gasteiger partial charge in [-0.1, -0.05) is 6.92 Å². The van der Waals surface area contributed by atoms with Gasteiger partial charge in [-0.05, 0) is 20.3 Å². The third-order valence-electron chi connectivity index (χ3n) is 2.43. The number of halogens is 7. The SMILES string of the molecule is CCC(C)(C)C(=O)OCCF.OC(F)(C(F)F)C(F)(F)F. The smallest absolute Gasteiger partial charge is 0.454 e. The van der Waals surface area contributed by atoms with Crippen LogP contribution in [-0.2, 0) is 9.53 Å². The summed E-state index contributed by atoms with van der Waals surface area (Å²) in [5.41, 5.74) is -0.477. The lowest BCUT2D eigenvalue weighted by molar-refractivity contribution is -0.352. The molecule has 0 heterocycles. The molecule has 0 bridgehead atoms. The molecule has 0 aliphatic rings. The van der Waals surface area contributed by atoms with Crippen molar-refractivity contribution in [1.29, 1.82) is 0 Å². The van der Waals surface area contributed by atoms with E-state index in [0.717, 1.165) is 0 Å². The van der Waals surface area contributed by atoms with Crippen molar-refractivity contribution in [2.75, 3.05) is 13.3 Å². The van der Waals surface area contributed by atoms with E-state index in [-0.39, 0.29) is 12.6 Å². The summed E-state index contributed by atoms with van der Waals surface area (Å²) >= 11 is 0. The van der Waals surface area contributed by atoms with Gasteiger partial charge in [-0.15, -0.1) is 0 Å². The Bertz CT molecular complexity index is 313. The van der Waals surface area contributed by atoms with Crippen LogP contribution in [0.4, 0.5) is 30.7 Å². The highest BCUT2D eigenvalue weighted by Crippen LogP contribution is 2.36. The predicted molar refractivity (Wildman–Crippen MR) is 59.1 cm³/mol. The quantitative estimate of drug-likeness (QED) is 0.621. The zero-order chi connectivity index (χ0) is 17.5. The lowest BCUT2D eigenvalue weighted by Crippen LogP contribution is -2.47. The highest BCUT2D eigenvalue weighted by atomic mass is 19.4. The summed E-state index contributed by atoms with van der Waals surface area (Å²) in [7, 11) is 0. The molecule has 0 saturated carbocycles. The van der Waals surface area contributed by atoms with Gasteiger partial charge in [-0.2, -0.15) is 17.6 Å². The molecule has 0 aliphatic heterocycles. The molecule has 1 N–H and O–H groups in total. The van der Waals surface area contributed by atoms with Crippen molar-refractivity contribution < 1.29 is 45.4 Å². The van der Waals surface area contributed by atoms with Gasteiger partial charge in [0.1, 0.15) is 13.3 Å². The summed E-state index contributed by atoms with van der Waals surface area (Å²) in [5.74, 6) is -5.72. The molecule has 0 aromatic carbocycles. The number of carbonyl (C=O) groups excluding carboxylic acids is 1. The first-order chi connectivity index (χ1) is 9.24. The fourth-order valence-corrected chi connectivity index (χ4v) is 0.595. The zero-order valence-electron chi connectivity index (χ0n) is 11.6. The molecule has 0 aliphatic carbocycles. The molecule has 0 radical (unpaired) electrons. The Morgan fingerprint density at radius 1 is 1.19 bits per heavy atom. The van der Waals surface area contributed by atoms with Crippen LogP contribution in [0.25, 0.3) is 0 Å². The minimum absolute atomic E-state index is 0.123. The number of carbonyl (C=O) groups is 1. The van der Waals surface area contributed by atoms with Crippen molar-refractivity contribution in [3.8, 4) is 0 Å². The molecule has 3 nitrogen and oxygen atoms in total. The van der Waals surface area contributed by atoms with E-state index in [1.807, 2.05) is 6.92 Å². The molecule has 10 heteroatoms. The number of rotatable bonds is 5. The molecular formula is C11H17F7O3. The van der Waals surface area contributed by atoms with Crippen LogP contribution in [-0.4, -0.2) is 42.8 Å². The average Bonchev–Trinajstić information content (AvgIpc) is 2.34. The molecule has 1 unspecified atom stereocenters. The molecule has 0 aromatic heterocycles. The van der Waals surface area contributed by atoms with Crippen molar-refractivity contribution in [3.05, 3.63) is 0 Å². The molecule has 1 atom stereocenters. The first kappa shape index (κ1) is 22.2. The summed E-state index contributed by atoms with van der Waals surface area (Å²) in [6, 6.07) is 0. The summed E-state index contributed by atoms with van der Waals surface area (Å²) in [5, 5.41) is 7.39. The van der Waals surface area contributed by atoms with Crippen LogP contribution in [0.5, 0.6) is 0 Å². The summed E-state index contributed by atoms with van der Waals surface area (Å²) in [6.45, 7) is 4.74. The molecule has 0 rings (SSSR count). The Labute approximate surface area is 117 Å². The first-order valence-corrected chi connectivity index (χ1v) is 5.73. The van der Waals surface area contributed by atoms with Crippen molar-refractivity contribution in [2.45, 2.75) is 45.6 Å². The van der Waals surface area contributed by atoms with Gasteiger partial charge in [0.25, 0.3) is 0 Å². The minimum Gasteiger partial charge on any atom is -0.462 e. The van der Waals surface area contributed by atoms with Crippen molar-refractivity contribution >= 4 is 5.97 Å². The number of esters is 1. The number of alkyl halides is 7. The van der Waals surface area contributed by atoms with Crippen LogP contribution < -0.4 is 0 Å². The second kappa shape index (κ2) is 8.40. The van der Waals surface area contributed by atoms with Crippen LogP contribution in [0.1, 0.15) is 27.2 Å². The van der Waals surface area contributed by atoms with Gasteiger partial charge in [-0.3, -0.25) is 4.79 Å². The van der Waals surface area contributed by atoms with Gasteiger partial charge >= 0.3 is 24.4 Å². The van der Waals surface area contributed by atoms with Crippen LogP contribution >= 0.6 is 0 Å². The van der Waals surface area contributed by atoms with E-state index in [1.165, 1.54) is 0 Å². The third kappa shape index (κ3) is 7.49. The monoisotopic (exact) mass is 330 g/mol. The fraction of sp³-hybridized carbons (Fsp3) is 0.909. The highest BCUT2D eigenvalue weighted by Gasteiger charge is 2.62. The first-order valence-electron chi connectivity index (χ1n) is 5.73. The Balaban J connectivity index is 0. The van der Waals surface area contributed by atoms with Gasteiger partial charge < -0.3 is 9.84 Å². The second-order valence-electron chi connectivity index (χ2n) is 4.53. The van der Waals surface area contributed by atoms with E-state index in [0.29, 0.717) is 6.42 Å². The van der Waals surface area contributed by atoms with E-state index < -0.39 is 30.5 Å². The maximum atomic E-state index is 11.6. The zero-order valence-corrected chi connectivity index (χ0v) is 11.6. The fourth-order valence-electron chi connectivity index (χ4n) is 0.595. The predicted octanol–water partition coefficient (Wildman–Crippen LogP) is 3.41. The van der Waals surface area contributed by atoms with E-state index >= 15 is 0 Å². The van der Waals surface area contributed by atoms with E-state index in [9.17, 15) is 35.5 Å². The molecule has 21 heavy (non-hydrogen) atoms. The average molecular weight is 330 g/mol. The van der Waals surface area contributed by atoms with Crippen molar-refractivity contribution in [1.82, 2.24) is 0 Å². The number of hydrogen-bond donors (Lipinski definition) is 1. The summed E-state index contributed by atoms with van der Waals surface area (Å²) in [6.07, 6.45) is -9.72. The van der Waals surface area contributed by atoms with Crippen molar-refractivity contribution in [3.63, 3.8) is 0 Å². The number of hydrogen-bond acceptors (Lipinski definition) is 3. The molecular weight excluding hydrogens is 313 g/mol. The van der Waals surface area contributed by atoms with Crippen LogP contribution in [0, 0.1) is 5.41 Å².